The molecule has 0 aromatic carbocycles. The van der Waals surface area contributed by atoms with Crippen molar-refractivity contribution in [3.05, 3.63) is 17.0 Å². The monoisotopic (exact) mass is 232 g/mol. The molecule has 2 N–H and O–H groups in total. The molecule has 0 saturated heterocycles. The highest BCUT2D eigenvalue weighted by molar-refractivity contribution is 7.87. The van der Waals surface area contributed by atoms with E-state index in [2.05, 4.69) is 14.9 Å². The van der Waals surface area contributed by atoms with Crippen LogP contribution in [0.4, 0.5) is 0 Å². The molecule has 0 atom stereocenters. The number of rotatable bonds is 4. The van der Waals surface area contributed by atoms with Crippen LogP contribution in [0.1, 0.15) is 17.0 Å². The van der Waals surface area contributed by atoms with Gasteiger partial charge in [-0.1, -0.05) is 0 Å². The van der Waals surface area contributed by atoms with Crippen LogP contribution in [0.25, 0.3) is 0 Å². The number of aromatic nitrogens is 2. The van der Waals surface area contributed by atoms with E-state index in [0.717, 1.165) is 21.3 Å². The van der Waals surface area contributed by atoms with Crippen molar-refractivity contribution >= 4 is 10.2 Å². The van der Waals surface area contributed by atoms with Gasteiger partial charge in [0, 0.05) is 31.9 Å². The van der Waals surface area contributed by atoms with E-state index in [-0.39, 0.29) is 6.54 Å². The van der Waals surface area contributed by atoms with Gasteiger partial charge in [0.05, 0.1) is 5.69 Å². The van der Waals surface area contributed by atoms with Gasteiger partial charge in [0.2, 0.25) is 0 Å². The summed E-state index contributed by atoms with van der Waals surface area (Å²) in [6, 6.07) is 0. The van der Waals surface area contributed by atoms with E-state index in [0.29, 0.717) is 0 Å². The Kier molecular flexibility index (Phi) is 3.48. The molecule has 0 aliphatic heterocycles. The lowest BCUT2D eigenvalue weighted by Crippen LogP contribution is -2.35. The highest BCUT2D eigenvalue weighted by Crippen LogP contribution is 2.09. The van der Waals surface area contributed by atoms with Gasteiger partial charge < -0.3 is 0 Å². The second kappa shape index (κ2) is 4.30. The predicted molar refractivity (Wildman–Crippen MR) is 57.5 cm³/mol. The first-order chi connectivity index (χ1) is 6.84. The largest absolute Gasteiger partial charge is 0.282 e. The quantitative estimate of drug-likeness (QED) is 0.762. The number of hydrogen-bond donors (Lipinski definition) is 2. The van der Waals surface area contributed by atoms with Gasteiger partial charge in [-0.2, -0.15) is 22.5 Å². The van der Waals surface area contributed by atoms with Crippen molar-refractivity contribution in [3.63, 3.8) is 0 Å². The van der Waals surface area contributed by atoms with Gasteiger partial charge in [-0.25, -0.2) is 0 Å². The summed E-state index contributed by atoms with van der Waals surface area (Å²) < 4.78 is 26.5. The fourth-order valence-electron chi connectivity index (χ4n) is 1.13. The third-order valence-electron chi connectivity index (χ3n) is 2.19. The van der Waals surface area contributed by atoms with Crippen LogP contribution in [-0.2, 0) is 16.8 Å². The minimum absolute atomic E-state index is 0.259. The van der Waals surface area contributed by atoms with Crippen LogP contribution < -0.4 is 4.72 Å². The minimum atomic E-state index is -3.37. The molecule has 0 saturated carbocycles. The Labute approximate surface area is 89.9 Å². The number of hydrogen-bond acceptors (Lipinski definition) is 3. The van der Waals surface area contributed by atoms with Crippen LogP contribution in [0.3, 0.4) is 0 Å². The Morgan fingerprint density at radius 3 is 2.40 bits per heavy atom. The molecule has 0 aliphatic carbocycles. The Balaban J connectivity index is 2.74. The third kappa shape index (κ3) is 2.77. The summed E-state index contributed by atoms with van der Waals surface area (Å²) >= 11 is 0. The Bertz CT molecular complexity index is 416. The van der Waals surface area contributed by atoms with Crippen molar-refractivity contribution in [2.45, 2.75) is 20.4 Å². The first kappa shape index (κ1) is 12.2. The van der Waals surface area contributed by atoms with E-state index in [1.54, 1.807) is 0 Å². The van der Waals surface area contributed by atoms with Gasteiger partial charge in [-0.05, 0) is 13.8 Å². The highest BCUT2D eigenvalue weighted by atomic mass is 32.2. The zero-order valence-electron chi connectivity index (χ0n) is 9.33. The normalized spacial score (nSPS) is 12.3. The van der Waals surface area contributed by atoms with Crippen molar-refractivity contribution in [2.24, 2.45) is 0 Å². The van der Waals surface area contributed by atoms with Crippen molar-refractivity contribution in [2.75, 3.05) is 14.1 Å². The van der Waals surface area contributed by atoms with Crippen LogP contribution in [0.15, 0.2) is 0 Å². The standard InChI is InChI=1S/C8H16N4O2S/c1-6-8(7(2)11-10-6)5-9-15(13,14)12(3)4/h9H,5H2,1-4H3,(H,10,11). The lowest BCUT2D eigenvalue weighted by atomic mass is 10.2. The van der Waals surface area contributed by atoms with Gasteiger partial charge in [0.15, 0.2) is 0 Å². The van der Waals surface area contributed by atoms with E-state index in [4.69, 9.17) is 0 Å². The molecular weight excluding hydrogens is 216 g/mol. The Hall–Kier alpha value is -0.920. The van der Waals surface area contributed by atoms with Gasteiger partial charge in [0.1, 0.15) is 0 Å². The molecule has 15 heavy (non-hydrogen) atoms. The van der Waals surface area contributed by atoms with Gasteiger partial charge in [0.25, 0.3) is 10.2 Å². The molecule has 0 radical (unpaired) electrons. The summed E-state index contributed by atoms with van der Waals surface area (Å²) in [5.41, 5.74) is 2.59. The maximum Gasteiger partial charge on any atom is 0.279 e. The van der Waals surface area contributed by atoms with E-state index in [1.807, 2.05) is 13.8 Å². The first-order valence-electron chi connectivity index (χ1n) is 4.52. The molecule has 0 amide bonds. The number of aryl methyl sites for hydroxylation is 2. The first-order valence-corrected chi connectivity index (χ1v) is 5.96. The molecule has 0 aliphatic rings. The molecule has 1 aromatic heterocycles. The lowest BCUT2D eigenvalue weighted by Gasteiger charge is -2.12. The fourth-order valence-corrected chi connectivity index (χ4v) is 1.71. The molecule has 86 valence electrons. The second-order valence-electron chi connectivity index (χ2n) is 3.52. The molecular formula is C8H16N4O2S. The summed E-state index contributed by atoms with van der Waals surface area (Å²) in [6.07, 6.45) is 0. The maximum absolute atomic E-state index is 11.4. The van der Waals surface area contributed by atoms with Crippen LogP contribution in [0.2, 0.25) is 0 Å². The minimum Gasteiger partial charge on any atom is -0.282 e. The summed E-state index contributed by atoms with van der Waals surface area (Å²) in [5.74, 6) is 0. The molecule has 6 nitrogen and oxygen atoms in total. The highest BCUT2D eigenvalue weighted by Gasteiger charge is 2.14. The Morgan fingerprint density at radius 2 is 2.00 bits per heavy atom. The van der Waals surface area contributed by atoms with Crippen LogP contribution in [0, 0.1) is 13.8 Å². The van der Waals surface area contributed by atoms with Crippen LogP contribution in [-0.4, -0.2) is 37.0 Å². The topological polar surface area (TPSA) is 78.1 Å². The Morgan fingerprint density at radius 1 is 1.40 bits per heavy atom. The van der Waals surface area contributed by atoms with Gasteiger partial charge >= 0.3 is 0 Å². The molecule has 1 aromatic rings. The molecule has 0 fully saturated rings. The van der Waals surface area contributed by atoms with E-state index < -0.39 is 10.2 Å². The summed E-state index contributed by atoms with van der Waals surface area (Å²) in [6.45, 7) is 3.96. The molecule has 0 bridgehead atoms. The molecule has 7 heteroatoms. The number of nitrogens with one attached hydrogen (secondary N) is 2. The number of aromatic amines is 1. The van der Waals surface area contributed by atoms with E-state index >= 15 is 0 Å². The van der Waals surface area contributed by atoms with Gasteiger partial charge in [-0.3, -0.25) is 5.10 Å². The predicted octanol–water partition coefficient (Wildman–Crippen LogP) is -0.0775. The van der Waals surface area contributed by atoms with Crippen molar-refractivity contribution < 1.29 is 8.42 Å². The molecule has 0 spiro atoms. The lowest BCUT2D eigenvalue weighted by molar-refractivity contribution is 0.505. The van der Waals surface area contributed by atoms with Crippen molar-refractivity contribution in [1.29, 1.82) is 0 Å². The number of H-pyrrole nitrogens is 1. The summed E-state index contributed by atoms with van der Waals surface area (Å²) in [4.78, 5) is 0. The summed E-state index contributed by atoms with van der Waals surface area (Å²) in [7, 11) is -0.399. The van der Waals surface area contributed by atoms with Gasteiger partial charge in [-0.15, -0.1) is 0 Å². The molecule has 1 heterocycles. The average Bonchev–Trinajstić information content (AvgIpc) is 2.43. The van der Waals surface area contributed by atoms with Crippen molar-refractivity contribution in [3.8, 4) is 0 Å². The smallest absolute Gasteiger partial charge is 0.279 e. The van der Waals surface area contributed by atoms with Crippen molar-refractivity contribution in [1.82, 2.24) is 19.2 Å². The molecule has 0 unspecified atom stereocenters. The molecule has 1 rings (SSSR count). The maximum atomic E-state index is 11.4. The van der Waals surface area contributed by atoms with E-state index in [1.165, 1.54) is 14.1 Å². The zero-order valence-corrected chi connectivity index (χ0v) is 10.1. The fraction of sp³-hybridized carbons (Fsp3) is 0.625. The third-order valence-corrected chi connectivity index (χ3v) is 3.66. The second-order valence-corrected chi connectivity index (χ2v) is 5.49. The number of nitrogens with zero attached hydrogens (tertiary/aromatic N) is 2. The van der Waals surface area contributed by atoms with Crippen LogP contribution >= 0.6 is 0 Å². The van der Waals surface area contributed by atoms with Crippen LogP contribution in [0.5, 0.6) is 0 Å². The van der Waals surface area contributed by atoms with E-state index in [9.17, 15) is 8.42 Å². The SMILES string of the molecule is Cc1n[nH]c(C)c1CNS(=O)(=O)N(C)C. The average molecular weight is 232 g/mol. The summed E-state index contributed by atoms with van der Waals surface area (Å²) in [5, 5.41) is 6.79. The zero-order chi connectivity index (χ0) is 11.6.